The number of likely N-dealkylation sites (tertiary alicyclic amines) is 1. The lowest BCUT2D eigenvalue weighted by Gasteiger charge is -2.51. The molecule has 0 aliphatic carbocycles. The minimum absolute atomic E-state index is 0.178. The fourth-order valence-corrected chi connectivity index (χ4v) is 5.20. The van der Waals surface area contributed by atoms with Crippen molar-refractivity contribution in [2.45, 2.75) is 44.9 Å². The van der Waals surface area contributed by atoms with E-state index >= 15 is 0 Å². The quantitative estimate of drug-likeness (QED) is 0.807. The van der Waals surface area contributed by atoms with Gasteiger partial charge in [-0.05, 0) is 42.7 Å². The lowest BCUT2D eigenvalue weighted by Crippen LogP contribution is -3.14. The Morgan fingerprint density at radius 1 is 1.17 bits per heavy atom. The standard InChI is InChI=1S/C24H28ClN3O/c1-3-13-27-14-11-24(12-15-27)28-22(20-6-4-5-17(2)23(20)29-24)16-21(26-28)18-7-9-19(25)10-8-18/h4-10,16,22,26H,3,11-15H2,1-2H3/p+1/t22-/m1/s1. The smallest absolute Gasteiger partial charge is 0.191 e. The Morgan fingerprint density at radius 2 is 1.93 bits per heavy atom. The maximum Gasteiger partial charge on any atom is 0.191 e. The molecule has 5 heteroatoms. The van der Waals surface area contributed by atoms with Crippen molar-refractivity contribution in [2.24, 2.45) is 0 Å². The first kappa shape index (κ1) is 19.0. The Balaban J connectivity index is 1.52. The third-order valence-corrected chi connectivity index (χ3v) is 6.88. The molecule has 1 fully saturated rings. The summed E-state index contributed by atoms with van der Waals surface area (Å²) in [5.74, 6) is 1.07. The number of nitrogens with zero attached hydrogens (tertiary/aromatic N) is 1. The fraction of sp³-hybridized carbons (Fsp3) is 0.417. The van der Waals surface area contributed by atoms with Gasteiger partial charge in [0.25, 0.3) is 0 Å². The minimum Gasteiger partial charge on any atom is -0.470 e. The minimum atomic E-state index is -0.300. The van der Waals surface area contributed by atoms with Crippen LogP contribution in [0.4, 0.5) is 0 Å². The summed E-state index contributed by atoms with van der Waals surface area (Å²) in [4.78, 5) is 1.69. The zero-order valence-corrected chi connectivity index (χ0v) is 17.9. The summed E-state index contributed by atoms with van der Waals surface area (Å²) < 4.78 is 6.83. The van der Waals surface area contributed by atoms with Gasteiger partial charge in [0.2, 0.25) is 0 Å². The van der Waals surface area contributed by atoms with E-state index in [1.165, 1.54) is 24.1 Å². The van der Waals surface area contributed by atoms with Crippen LogP contribution in [0, 0.1) is 6.92 Å². The number of ether oxygens (including phenoxy) is 1. The van der Waals surface area contributed by atoms with Gasteiger partial charge in [0.15, 0.2) is 5.72 Å². The summed E-state index contributed by atoms with van der Waals surface area (Å²) in [6.45, 7) is 7.98. The highest BCUT2D eigenvalue weighted by molar-refractivity contribution is 6.30. The summed E-state index contributed by atoms with van der Waals surface area (Å²) in [6, 6.07) is 14.7. The van der Waals surface area contributed by atoms with Crippen LogP contribution in [0.3, 0.4) is 0 Å². The van der Waals surface area contributed by atoms with Crippen LogP contribution in [0.1, 0.15) is 48.9 Å². The van der Waals surface area contributed by atoms with Crippen molar-refractivity contribution in [3.05, 3.63) is 70.3 Å². The molecule has 0 bridgehead atoms. The molecule has 0 unspecified atom stereocenters. The Kier molecular flexibility index (Phi) is 4.81. The van der Waals surface area contributed by atoms with Crippen molar-refractivity contribution >= 4 is 17.3 Å². The van der Waals surface area contributed by atoms with Crippen molar-refractivity contribution in [3.8, 4) is 5.75 Å². The van der Waals surface area contributed by atoms with Crippen molar-refractivity contribution in [1.82, 2.24) is 10.4 Å². The molecule has 1 spiro atoms. The maximum absolute atomic E-state index is 6.83. The molecule has 3 aliphatic rings. The summed E-state index contributed by atoms with van der Waals surface area (Å²) >= 11 is 6.11. The van der Waals surface area contributed by atoms with E-state index in [0.717, 1.165) is 48.0 Å². The number of hydrazine groups is 1. The summed E-state index contributed by atoms with van der Waals surface area (Å²) in [6.07, 6.45) is 5.64. The van der Waals surface area contributed by atoms with Crippen LogP contribution in [0.5, 0.6) is 5.75 Å². The third kappa shape index (κ3) is 3.24. The first-order valence-corrected chi connectivity index (χ1v) is 11.1. The summed E-state index contributed by atoms with van der Waals surface area (Å²) in [5.41, 5.74) is 8.17. The number of quaternary nitrogens is 1. The number of piperidine rings is 1. The van der Waals surface area contributed by atoms with Gasteiger partial charge in [0.05, 0.1) is 44.2 Å². The predicted octanol–water partition coefficient (Wildman–Crippen LogP) is 3.73. The van der Waals surface area contributed by atoms with Crippen LogP contribution in [-0.2, 0) is 0 Å². The Morgan fingerprint density at radius 3 is 2.66 bits per heavy atom. The maximum atomic E-state index is 6.83. The van der Waals surface area contributed by atoms with E-state index in [9.17, 15) is 0 Å². The number of hydrogen-bond donors (Lipinski definition) is 2. The molecule has 1 saturated heterocycles. The molecule has 3 aliphatic heterocycles. The number of hydrogen-bond acceptors (Lipinski definition) is 3. The van der Waals surface area contributed by atoms with Crippen LogP contribution in [0.15, 0.2) is 48.5 Å². The molecule has 29 heavy (non-hydrogen) atoms. The Hall–Kier alpha value is -2.01. The summed E-state index contributed by atoms with van der Waals surface area (Å²) in [7, 11) is 0. The number of halogens is 1. The lowest BCUT2D eigenvalue weighted by atomic mass is 9.91. The van der Waals surface area contributed by atoms with Gasteiger partial charge in [0, 0.05) is 10.6 Å². The van der Waals surface area contributed by atoms with Gasteiger partial charge >= 0.3 is 0 Å². The van der Waals surface area contributed by atoms with E-state index in [0.29, 0.717) is 0 Å². The predicted molar refractivity (Wildman–Crippen MR) is 117 cm³/mol. The molecule has 3 heterocycles. The molecule has 0 radical (unpaired) electrons. The molecule has 2 N–H and O–H groups in total. The van der Waals surface area contributed by atoms with Gasteiger partial charge in [0.1, 0.15) is 5.75 Å². The van der Waals surface area contributed by atoms with Gasteiger partial charge in [-0.2, -0.15) is 5.01 Å². The molecule has 2 aromatic rings. The lowest BCUT2D eigenvalue weighted by molar-refractivity contribution is -0.908. The number of para-hydroxylation sites is 1. The van der Waals surface area contributed by atoms with Gasteiger partial charge < -0.3 is 15.1 Å². The van der Waals surface area contributed by atoms with Crippen LogP contribution in [0.2, 0.25) is 5.02 Å². The fourth-order valence-electron chi connectivity index (χ4n) is 5.07. The van der Waals surface area contributed by atoms with Crippen molar-refractivity contribution in [3.63, 3.8) is 0 Å². The molecule has 0 saturated carbocycles. The first-order valence-electron chi connectivity index (χ1n) is 10.8. The Labute approximate surface area is 178 Å². The van der Waals surface area contributed by atoms with Gasteiger partial charge in [-0.1, -0.05) is 48.9 Å². The monoisotopic (exact) mass is 410 g/mol. The van der Waals surface area contributed by atoms with E-state index < -0.39 is 0 Å². The molecular weight excluding hydrogens is 382 g/mol. The van der Waals surface area contributed by atoms with Gasteiger partial charge in [-0.15, -0.1) is 0 Å². The number of fused-ring (bicyclic) bond motifs is 4. The number of benzene rings is 2. The Bertz CT molecular complexity index is 932. The molecular formula is C24H29ClN3O+. The molecule has 0 amide bonds. The molecule has 1 atom stereocenters. The largest absolute Gasteiger partial charge is 0.470 e. The normalized spacial score (nSPS) is 28.3. The van der Waals surface area contributed by atoms with E-state index in [4.69, 9.17) is 16.3 Å². The van der Waals surface area contributed by atoms with E-state index in [1.807, 2.05) is 12.1 Å². The second-order valence-corrected chi connectivity index (χ2v) is 8.99. The third-order valence-electron chi connectivity index (χ3n) is 6.63. The molecule has 2 aromatic carbocycles. The zero-order valence-electron chi connectivity index (χ0n) is 17.2. The van der Waals surface area contributed by atoms with E-state index in [-0.39, 0.29) is 11.8 Å². The average molecular weight is 411 g/mol. The number of rotatable bonds is 3. The molecule has 4 nitrogen and oxygen atoms in total. The van der Waals surface area contributed by atoms with Crippen molar-refractivity contribution in [1.29, 1.82) is 0 Å². The zero-order chi connectivity index (χ0) is 20.0. The number of aryl methyl sites for hydroxylation is 1. The highest BCUT2D eigenvalue weighted by Crippen LogP contribution is 2.48. The topological polar surface area (TPSA) is 28.9 Å². The SMILES string of the molecule is CCC[NH+]1CCC2(CC1)Oc1c(C)cccc1[C@H]1C=C(c3ccc(Cl)cc3)NN12. The van der Waals surface area contributed by atoms with Crippen LogP contribution < -0.4 is 15.1 Å². The van der Waals surface area contributed by atoms with Gasteiger partial charge in [-0.25, -0.2) is 0 Å². The first-order chi connectivity index (χ1) is 14.1. The molecule has 0 aromatic heterocycles. The van der Waals surface area contributed by atoms with E-state index in [2.05, 4.69) is 60.7 Å². The van der Waals surface area contributed by atoms with Crippen LogP contribution >= 0.6 is 11.6 Å². The summed E-state index contributed by atoms with van der Waals surface area (Å²) in [5, 5.41) is 3.14. The van der Waals surface area contributed by atoms with Crippen molar-refractivity contribution < 1.29 is 9.64 Å². The molecule has 152 valence electrons. The average Bonchev–Trinajstić information content (AvgIpc) is 3.18. The molecule has 5 rings (SSSR count). The highest BCUT2D eigenvalue weighted by Gasteiger charge is 2.52. The second kappa shape index (κ2) is 7.35. The van der Waals surface area contributed by atoms with Crippen LogP contribution in [-0.4, -0.2) is 30.4 Å². The van der Waals surface area contributed by atoms with E-state index in [1.54, 1.807) is 4.90 Å². The number of nitrogens with one attached hydrogen (secondary N) is 2. The van der Waals surface area contributed by atoms with Crippen LogP contribution in [0.25, 0.3) is 5.70 Å². The second-order valence-electron chi connectivity index (χ2n) is 8.56. The van der Waals surface area contributed by atoms with Crippen molar-refractivity contribution in [2.75, 3.05) is 19.6 Å². The highest BCUT2D eigenvalue weighted by atomic mass is 35.5. The van der Waals surface area contributed by atoms with Gasteiger partial charge in [-0.3, -0.25) is 0 Å².